The summed E-state index contributed by atoms with van der Waals surface area (Å²) in [6, 6.07) is 12.3. The van der Waals surface area contributed by atoms with Crippen molar-refractivity contribution in [2.75, 3.05) is 20.3 Å². The summed E-state index contributed by atoms with van der Waals surface area (Å²) >= 11 is 0. The predicted octanol–water partition coefficient (Wildman–Crippen LogP) is 3.91. The first-order valence-electron chi connectivity index (χ1n) is 9.71. The van der Waals surface area contributed by atoms with Crippen LogP contribution in [-0.4, -0.2) is 42.2 Å². The van der Waals surface area contributed by atoms with Crippen LogP contribution in [0.2, 0.25) is 0 Å². The van der Waals surface area contributed by atoms with Gasteiger partial charge in [-0.1, -0.05) is 12.1 Å². The first-order chi connectivity index (χ1) is 13.2. The van der Waals surface area contributed by atoms with Crippen LogP contribution < -0.4 is 4.74 Å². The molecule has 2 unspecified atom stereocenters. The minimum Gasteiger partial charge on any atom is -0.497 e. The van der Waals surface area contributed by atoms with Crippen LogP contribution in [0.5, 0.6) is 5.75 Å². The van der Waals surface area contributed by atoms with Crippen LogP contribution in [-0.2, 0) is 9.53 Å². The Bertz CT molecular complexity index is 813. The zero-order chi connectivity index (χ0) is 18.8. The molecular formula is C22H26N2O3. The second-order valence-electron chi connectivity index (χ2n) is 7.34. The molecule has 0 N–H and O–H groups in total. The van der Waals surface area contributed by atoms with E-state index < -0.39 is 0 Å². The van der Waals surface area contributed by atoms with Crippen LogP contribution >= 0.6 is 0 Å². The summed E-state index contributed by atoms with van der Waals surface area (Å²) in [7, 11) is 1.67. The van der Waals surface area contributed by atoms with Crippen molar-refractivity contribution in [2.24, 2.45) is 0 Å². The lowest BCUT2D eigenvalue weighted by Gasteiger charge is -2.27. The van der Waals surface area contributed by atoms with Crippen molar-refractivity contribution < 1.29 is 14.3 Å². The Labute approximate surface area is 160 Å². The number of ether oxygens (including phenoxy) is 2. The van der Waals surface area contributed by atoms with E-state index in [1.165, 1.54) is 0 Å². The van der Waals surface area contributed by atoms with E-state index in [0.717, 1.165) is 60.5 Å². The molecule has 0 aliphatic carbocycles. The topological polar surface area (TPSA) is 51.7 Å². The summed E-state index contributed by atoms with van der Waals surface area (Å²) in [6.07, 6.45) is 3.50. The lowest BCUT2D eigenvalue weighted by molar-refractivity contribution is -0.142. The molecule has 1 aromatic heterocycles. The van der Waals surface area contributed by atoms with Crippen molar-refractivity contribution in [3.63, 3.8) is 0 Å². The molecule has 2 aliphatic rings. The van der Waals surface area contributed by atoms with Gasteiger partial charge in [0.25, 0.3) is 5.91 Å². The maximum atomic E-state index is 12.9. The van der Waals surface area contributed by atoms with Gasteiger partial charge in [-0.3, -0.25) is 9.78 Å². The molecule has 1 amide bonds. The normalized spacial score (nSPS) is 22.2. The third-order valence-electron chi connectivity index (χ3n) is 5.48. The van der Waals surface area contributed by atoms with Gasteiger partial charge in [0.2, 0.25) is 0 Å². The molecule has 4 rings (SSSR count). The van der Waals surface area contributed by atoms with Crippen LogP contribution in [0, 0.1) is 6.92 Å². The summed E-state index contributed by atoms with van der Waals surface area (Å²) in [5.74, 6) is 0.971. The average Bonchev–Trinajstić information content (AvgIpc) is 3.39. The van der Waals surface area contributed by atoms with Crippen LogP contribution in [0.25, 0.3) is 11.1 Å². The van der Waals surface area contributed by atoms with Crippen LogP contribution in [0.1, 0.15) is 43.1 Å². The molecule has 2 aliphatic heterocycles. The largest absolute Gasteiger partial charge is 0.497 e. The minimum absolute atomic E-state index is 0.0404. The Morgan fingerprint density at radius 2 is 1.96 bits per heavy atom. The van der Waals surface area contributed by atoms with Crippen molar-refractivity contribution >= 4 is 5.91 Å². The van der Waals surface area contributed by atoms with Crippen molar-refractivity contribution in [1.82, 2.24) is 9.88 Å². The number of pyridine rings is 1. The van der Waals surface area contributed by atoms with Gasteiger partial charge >= 0.3 is 0 Å². The number of aromatic nitrogens is 1. The van der Waals surface area contributed by atoms with Crippen LogP contribution in [0.15, 0.2) is 36.4 Å². The molecule has 0 saturated carbocycles. The summed E-state index contributed by atoms with van der Waals surface area (Å²) in [5.41, 5.74) is 4.19. The van der Waals surface area contributed by atoms with Gasteiger partial charge in [0, 0.05) is 18.8 Å². The van der Waals surface area contributed by atoms with Gasteiger partial charge in [0.1, 0.15) is 11.9 Å². The molecule has 0 radical (unpaired) electrons. The van der Waals surface area contributed by atoms with Gasteiger partial charge in [-0.25, -0.2) is 0 Å². The maximum Gasteiger partial charge on any atom is 0.252 e. The molecule has 2 atom stereocenters. The van der Waals surface area contributed by atoms with Gasteiger partial charge < -0.3 is 14.4 Å². The first kappa shape index (κ1) is 18.0. The number of nitrogens with zero attached hydrogens (tertiary/aromatic N) is 2. The molecule has 1 aromatic carbocycles. The van der Waals surface area contributed by atoms with Crippen molar-refractivity contribution in [3.8, 4) is 16.9 Å². The average molecular weight is 366 g/mol. The number of rotatable bonds is 4. The molecule has 2 fully saturated rings. The maximum absolute atomic E-state index is 12.9. The van der Waals surface area contributed by atoms with Gasteiger partial charge in [0.15, 0.2) is 0 Å². The number of hydrogen-bond donors (Lipinski definition) is 0. The lowest BCUT2D eigenvalue weighted by atomic mass is 10.0. The van der Waals surface area contributed by atoms with Crippen molar-refractivity contribution in [2.45, 2.75) is 44.8 Å². The molecular weight excluding hydrogens is 340 g/mol. The van der Waals surface area contributed by atoms with Crippen molar-refractivity contribution in [3.05, 3.63) is 47.8 Å². The Kier molecular flexibility index (Phi) is 5.12. The zero-order valence-corrected chi connectivity index (χ0v) is 16.0. The van der Waals surface area contributed by atoms with Crippen molar-refractivity contribution in [1.29, 1.82) is 0 Å². The van der Waals surface area contributed by atoms with Gasteiger partial charge in [0.05, 0.1) is 18.8 Å². The zero-order valence-electron chi connectivity index (χ0n) is 16.0. The first-order valence-corrected chi connectivity index (χ1v) is 9.71. The molecule has 142 valence electrons. The standard InChI is InChI=1S/C22H26N2O3/c1-15-13-17(16-7-9-18(26-2)10-8-16)14-19(23-15)20-5-3-11-24(20)22(25)21-6-4-12-27-21/h7-10,13-14,20-21H,3-6,11-12H2,1-2H3. The minimum atomic E-state index is -0.267. The molecule has 5 nitrogen and oxygen atoms in total. The molecule has 0 spiro atoms. The third-order valence-corrected chi connectivity index (χ3v) is 5.48. The van der Waals surface area contributed by atoms with E-state index >= 15 is 0 Å². The summed E-state index contributed by atoms with van der Waals surface area (Å²) in [4.78, 5) is 19.7. The number of aryl methyl sites for hydroxylation is 1. The highest BCUT2D eigenvalue weighted by atomic mass is 16.5. The molecule has 27 heavy (non-hydrogen) atoms. The number of likely N-dealkylation sites (tertiary alicyclic amines) is 1. The molecule has 0 bridgehead atoms. The Balaban J connectivity index is 1.62. The second kappa shape index (κ2) is 7.69. The number of amides is 1. The molecule has 5 heteroatoms. The highest BCUT2D eigenvalue weighted by Crippen LogP contribution is 2.35. The van der Waals surface area contributed by atoms with E-state index in [1.54, 1.807) is 7.11 Å². The van der Waals surface area contributed by atoms with E-state index in [0.29, 0.717) is 6.61 Å². The summed E-state index contributed by atoms with van der Waals surface area (Å²) in [5, 5.41) is 0. The monoisotopic (exact) mass is 366 g/mol. The fraction of sp³-hybridized carbons (Fsp3) is 0.455. The smallest absolute Gasteiger partial charge is 0.252 e. The fourth-order valence-corrected chi connectivity index (χ4v) is 4.11. The van der Waals surface area contributed by atoms with E-state index in [4.69, 9.17) is 14.5 Å². The highest BCUT2D eigenvalue weighted by molar-refractivity contribution is 5.82. The number of carbonyl (C=O) groups is 1. The number of hydrogen-bond acceptors (Lipinski definition) is 4. The SMILES string of the molecule is COc1ccc(-c2cc(C)nc(C3CCCN3C(=O)C3CCCO3)c2)cc1. The van der Waals surface area contributed by atoms with E-state index in [9.17, 15) is 4.79 Å². The van der Waals surface area contributed by atoms with E-state index in [1.807, 2.05) is 24.0 Å². The quantitative estimate of drug-likeness (QED) is 0.823. The molecule has 2 saturated heterocycles. The summed E-state index contributed by atoms with van der Waals surface area (Å²) in [6.45, 7) is 3.49. The van der Waals surface area contributed by atoms with Crippen LogP contribution in [0.3, 0.4) is 0 Å². The Hall–Kier alpha value is -2.40. The van der Waals surface area contributed by atoms with E-state index in [2.05, 4.69) is 24.3 Å². The number of methoxy groups -OCH3 is 1. The third kappa shape index (κ3) is 3.69. The molecule has 3 heterocycles. The molecule has 2 aromatic rings. The Morgan fingerprint density at radius 1 is 1.15 bits per heavy atom. The number of benzene rings is 1. The lowest BCUT2D eigenvalue weighted by Crippen LogP contribution is -2.38. The van der Waals surface area contributed by atoms with E-state index in [-0.39, 0.29) is 18.1 Å². The van der Waals surface area contributed by atoms with Gasteiger partial charge in [-0.15, -0.1) is 0 Å². The van der Waals surface area contributed by atoms with Crippen LogP contribution in [0.4, 0.5) is 0 Å². The van der Waals surface area contributed by atoms with Gasteiger partial charge in [-0.2, -0.15) is 0 Å². The second-order valence-corrected chi connectivity index (χ2v) is 7.34. The predicted molar refractivity (Wildman–Crippen MR) is 104 cm³/mol. The Morgan fingerprint density at radius 3 is 2.67 bits per heavy atom. The van der Waals surface area contributed by atoms with Gasteiger partial charge in [-0.05, 0) is 68.0 Å². The summed E-state index contributed by atoms with van der Waals surface area (Å²) < 4.78 is 10.9. The number of carbonyl (C=O) groups excluding carboxylic acids is 1. The fourth-order valence-electron chi connectivity index (χ4n) is 4.11. The highest BCUT2D eigenvalue weighted by Gasteiger charge is 2.36.